The molecular weight excluding hydrogens is 226 g/mol. The van der Waals surface area contributed by atoms with E-state index in [2.05, 4.69) is 5.92 Å². The zero-order valence-corrected chi connectivity index (χ0v) is 10.6. The smallest absolute Gasteiger partial charge is 0.254 e. The van der Waals surface area contributed by atoms with Crippen molar-refractivity contribution in [2.45, 2.75) is 12.8 Å². The molecule has 3 nitrogen and oxygen atoms in total. The number of rotatable bonds is 5. The van der Waals surface area contributed by atoms with E-state index in [0.717, 1.165) is 12.3 Å². The summed E-state index contributed by atoms with van der Waals surface area (Å²) in [5, 5.41) is 0. The van der Waals surface area contributed by atoms with Gasteiger partial charge in [-0.1, -0.05) is 5.92 Å². The molecule has 0 bridgehead atoms. The molecule has 1 saturated carbocycles. The molecule has 1 fully saturated rings. The molecule has 0 unspecified atom stereocenters. The van der Waals surface area contributed by atoms with Crippen molar-refractivity contribution in [1.82, 2.24) is 4.90 Å². The summed E-state index contributed by atoms with van der Waals surface area (Å²) in [4.78, 5) is 14.0. The van der Waals surface area contributed by atoms with Gasteiger partial charge in [0.2, 0.25) is 0 Å². The zero-order chi connectivity index (χ0) is 13.0. The third-order valence-electron chi connectivity index (χ3n) is 3.08. The Morgan fingerprint density at radius 1 is 1.44 bits per heavy atom. The van der Waals surface area contributed by atoms with E-state index in [9.17, 15) is 4.79 Å². The average molecular weight is 243 g/mol. The van der Waals surface area contributed by atoms with Crippen LogP contribution >= 0.6 is 0 Å². The molecule has 0 spiro atoms. The van der Waals surface area contributed by atoms with Crippen molar-refractivity contribution >= 4 is 5.91 Å². The van der Waals surface area contributed by atoms with E-state index in [1.54, 1.807) is 36.3 Å². The van der Waals surface area contributed by atoms with Gasteiger partial charge in [-0.3, -0.25) is 4.79 Å². The molecule has 0 N–H and O–H groups in total. The van der Waals surface area contributed by atoms with Crippen molar-refractivity contribution in [2.24, 2.45) is 5.92 Å². The second kappa shape index (κ2) is 5.59. The van der Waals surface area contributed by atoms with Crippen molar-refractivity contribution in [3.8, 4) is 18.1 Å². The van der Waals surface area contributed by atoms with Gasteiger partial charge < -0.3 is 9.64 Å². The first kappa shape index (κ1) is 12.5. The van der Waals surface area contributed by atoms with Crippen molar-refractivity contribution < 1.29 is 9.53 Å². The molecule has 94 valence electrons. The minimum Gasteiger partial charge on any atom is -0.497 e. The largest absolute Gasteiger partial charge is 0.497 e. The summed E-state index contributed by atoms with van der Waals surface area (Å²) >= 11 is 0. The van der Waals surface area contributed by atoms with E-state index < -0.39 is 0 Å². The minimum atomic E-state index is 0.00232. The average Bonchev–Trinajstić information content (AvgIpc) is 3.21. The highest BCUT2D eigenvalue weighted by Gasteiger charge is 2.26. The summed E-state index contributed by atoms with van der Waals surface area (Å²) in [6.45, 7) is 1.15. The molecule has 0 aliphatic heterocycles. The monoisotopic (exact) mass is 243 g/mol. The Hall–Kier alpha value is -1.95. The third kappa shape index (κ3) is 3.04. The van der Waals surface area contributed by atoms with Crippen molar-refractivity contribution in [3.05, 3.63) is 29.8 Å². The fraction of sp³-hybridized carbons (Fsp3) is 0.400. The van der Waals surface area contributed by atoms with Crippen molar-refractivity contribution in [2.75, 3.05) is 20.2 Å². The number of carbonyl (C=O) groups is 1. The van der Waals surface area contributed by atoms with E-state index in [0.29, 0.717) is 18.0 Å². The minimum absolute atomic E-state index is 0.00232. The maximum absolute atomic E-state index is 12.3. The first-order valence-corrected chi connectivity index (χ1v) is 6.11. The lowest BCUT2D eigenvalue weighted by Crippen LogP contribution is -2.33. The summed E-state index contributed by atoms with van der Waals surface area (Å²) in [5.74, 6) is 3.94. The molecule has 0 radical (unpaired) electrons. The first-order valence-electron chi connectivity index (χ1n) is 6.11. The zero-order valence-electron chi connectivity index (χ0n) is 10.6. The van der Waals surface area contributed by atoms with Gasteiger partial charge in [0.1, 0.15) is 5.75 Å². The van der Waals surface area contributed by atoms with Crippen LogP contribution in [0.1, 0.15) is 23.2 Å². The number of hydrogen-bond donors (Lipinski definition) is 0. The van der Waals surface area contributed by atoms with Crippen LogP contribution in [-0.4, -0.2) is 31.0 Å². The third-order valence-corrected chi connectivity index (χ3v) is 3.08. The molecule has 2 rings (SSSR count). The molecule has 0 aromatic heterocycles. The number of terminal acetylenes is 1. The van der Waals surface area contributed by atoms with Gasteiger partial charge in [0.15, 0.2) is 0 Å². The highest BCUT2D eigenvalue weighted by molar-refractivity contribution is 5.94. The number of benzene rings is 1. The lowest BCUT2D eigenvalue weighted by Gasteiger charge is -2.20. The Bertz CT molecular complexity index is 454. The molecule has 1 aromatic rings. The van der Waals surface area contributed by atoms with Crippen LogP contribution in [0.4, 0.5) is 0 Å². The number of hydrogen-bond acceptors (Lipinski definition) is 2. The van der Waals surface area contributed by atoms with Crippen LogP contribution in [0.3, 0.4) is 0 Å². The number of carbonyl (C=O) groups excluding carboxylic acids is 1. The molecule has 0 saturated heterocycles. The van der Waals surface area contributed by atoms with Gasteiger partial charge in [0.05, 0.1) is 13.7 Å². The summed E-state index contributed by atoms with van der Waals surface area (Å²) in [7, 11) is 1.61. The van der Waals surface area contributed by atoms with Gasteiger partial charge in [-0.15, -0.1) is 6.42 Å². The van der Waals surface area contributed by atoms with Crippen LogP contribution in [0.25, 0.3) is 0 Å². The highest BCUT2D eigenvalue weighted by Crippen LogP contribution is 2.30. The summed E-state index contributed by atoms with van der Waals surface area (Å²) in [5.41, 5.74) is 0.659. The van der Waals surface area contributed by atoms with Crippen LogP contribution in [0.15, 0.2) is 24.3 Å². The van der Waals surface area contributed by atoms with Gasteiger partial charge in [0, 0.05) is 12.1 Å². The molecule has 0 heterocycles. The fourth-order valence-electron chi connectivity index (χ4n) is 1.86. The summed E-state index contributed by atoms with van der Waals surface area (Å²) in [6.07, 6.45) is 7.73. The lowest BCUT2D eigenvalue weighted by molar-refractivity contribution is 0.0770. The molecule has 1 amide bonds. The number of methoxy groups -OCH3 is 1. The predicted molar refractivity (Wildman–Crippen MR) is 70.5 cm³/mol. The van der Waals surface area contributed by atoms with Gasteiger partial charge in [-0.25, -0.2) is 0 Å². The molecule has 1 aliphatic carbocycles. The van der Waals surface area contributed by atoms with Gasteiger partial charge in [0.25, 0.3) is 5.91 Å². The van der Waals surface area contributed by atoms with E-state index in [1.807, 2.05) is 0 Å². The standard InChI is InChI=1S/C15H17NO2/c1-3-10-16(11-12-4-5-12)15(17)13-6-8-14(18-2)9-7-13/h1,6-9,12H,4-5,10-11H2,2H3. The molecule has 3 heteroatoms. The van der Waals surface area contributed by atoms with Crippen LogP contribution in [0.5, 0.6) is 5.75 Å². The summed E-state index contributed by atoms with van der Waals surface area (Å²) in [6, 6.07) is 7.13. The topological polar surface area (TPSA) is 29.5 Å². The second-order valence-electron chi connectivity index (χ2n) is 4.56. The van der Waals surface area contributed by atoms with Crippen LogP contribution in [-0.2, 0) is 0 Å². The first-order chi connectivity index (χ1) is 8.74. The number of nitrogens with zero attached hydrogens (tertiary/aromatic N) is 1. The molecule has 0 atom stereocenters. The molecule has 18 heavy (non-hydrogen) atoms. The molecule has 1 aliphatic rings. The van der Waals surface area contributed by atoms with Gasteiger partial charge >= 0.3 is 0 Å². The van der Waals surface area contributed by atoms with Crippen molar-refractivity contribution in [1.29, 1.82) is 0 Å². The van der Waals surface area contributed by atoms with Crippen LogP contribution < -0.4 is 4.74 Å². The normalized spacial score (nSPS) is 13.8. The van der Waals surface area contributed by atoms with E-state index in [4.69, 9.17) is 11.2 Å². The van der Waals surface area contributed by atoms with E-state index >= 15 is 0 Å². The number of ether oxygens (including phenoxy) is 1. The highest BCUT2D eigenvalue weighted by atomic mass is 16.5. The molecule has 1 aromatic carbocycles. The Kier molecular flexibility index (Phi) is 3.88. The fourth-order valence-corrected chi connectivity index (χ4v) is 1.86. The predicted octanol–water partition coefficient (Wildman–Crippen LogP) is 2.18. The van der Waals surface area contributed by atoms with E-state index in [1.165, 1.54) is 12.8 Å². The quantitative estimate of drug-likeness (QED) is 0.742. The van der Waals surface area contributed by atoms with Crippen LogP contribution in [0, 0.1) is 18.3 Å². The van der Waals surface area contributed by atoms with Gasteiger partial charge in [-0.05, 0) is 43.0 Å². The summed E-state index contributed by atoms with van der Waals surface area (Å²) < 4.78 is 5.07. The maximum atomic E-state index is 12.3. The SMILES string of the molecule is C#CCN(CC1CC1)C(=O)c1ccc(OC)cc1. The Morgan fingerprint density at radius 3 is 2.61 bits per heavy atom. The lowest BCUT2D eigenvalue weighted by atomic mass is 10.2. The Labute approximate surface area is 108 Å². The van der Waals surface area contributed by atoms with Crippen LogP contribution in [0.2, 0.25) is 0 Å². The number of amides is 1. The van der Waals surface area contributed by atoms with Gasteiger partial charge in [-0.2, -0.15) is 0 Å². The Morgan fingerprint density at radius 2 is 2.11 bits per heavy atom. The van der Waals surface area contributed by atoms with Crippen molar-refractivity contribution in [3.63, 3.8) is 0 Å². The Balaban J connectivity index is 2.08. The van der Waals surface area contributed by atoms with E-state index in [-0.39, 0.29) is 5.91 Å². The maximum Gasteiger partial charge on any atom is 0.254 e. The molecular formula is C15H17NO2. The second-order valence-corrected chi connectivity index (χ2v) is 4.56.